The largest absolute Gasteiger partial charge is 0.453 e. The zero-order chi connectivity index (χ0) is 28.1. The summed E-state index contributed by atoms with van der Waals surface area (Å²) in [7, 11) is 0. The van der Waals surface area contributed by atoms with Crippen molar-refractivity contribution in [3.63, 3.8) is 0 Å². The quantitative estimate of drug-likeness (QED) is 0.149. The van der Waals surface area contributed by atoms with E-state index in [1.807, 2.05) is 0 Å². The highest BCUT2D eigenvalue weighted by Crippen LogP contribution is 2.23. The minimum atomic E-state index is -1.51. The van der Waals surface area contributed by atoms with Gasteiger partial charge in [0.2, 0.25) is 5.91 Å². The Morgan fingerprint density at radius 2 is 1.59 bits per heavy atom. The summed E-state index contributed by atoms with van der Waals surface area (Å²) in [5, 5.41) is 22.7. The Labute approximate surface area is 231 Å². The van der Waals surface area contributed by atoms with Crippen LogP contribution in [0.15, 0.2) is 85.3 Å². The number of aliphatic hydroxyl groups excluding tert-OH is 2. The van der Waals surface area contributed by atoms with Gasteiger partial charge in [-0.3, -0.25) is 9.78 Å². The molecule has 1 aromatic heterocycles. The zero-order valence-corrected chi connectivity index (χ0v) is 22.7. The number of allylic oxidation sites excluding steroid dienone is 10. The van der Waals surface area contributed by atoms with E-state index in [1.54, 1.807) is 6.07 Å². The molecule has 0 spiro atoms. The standard InChI is InChI=1S/C31H42N2O6/c1-2-3-4-5-6-7-8-9-10-11-12-13-14-15-16-17-18-21-27(34)33-24-26-29(28(35)31(37)38-26)39-30(36)25-20-19-22-32-23-25/h3-4,6-7,9-10,12-13,15-16,19-20,22-23,26,28-29,31,35,37H,2,5,8,11,14,17-18,21,24H2,1H3,(H,33,34). The van der Waals surface area contributed by atoms with Crippen LogP contribution in [0.25, 0.3) is 0 Å². The highest BCUT2D eigenvalue weighted by molar-refractivity contribution is 5.89. The second kappa shape index (κ2) is 19.7. The van der Waals surface area contributed by atoms with Crippen molar-refractivity contribution < 1.29 is 29.3 Å². The van der Waals surface area contributed by atoms with Crippen LogP contribution in [-0.2, 0) is 14.3 Å². The van der Waals surface area contributed by atoms with Crippen LogP contribution >= 0.6 is 0 Å². The van der Waals surface area contributed by atoms with E-state index in [1.165, 1.54) is 18.5 Å². The molecular formula is C31H42N2O6. The molecule has 1 aliphatic heterocycles. The van der Waals surface area contributed by atoms with E-state index in [2.05, 4.69) is 78.0 Å². The number of pyridine rings is 1. The van der Waals surface area contributed by atoms with Crippen molar-refractivity contribution in [3.8, 4) is 0 Å². The number of rotatable bonds is 17. The number of amides is 1. The van der Waals surface area contributed by atoms with Gasteiger partial charge in [0.25, 0.3) is 0 Å². The van der Waals surface area contributed by atoms with E-state index < -0.39 is 30.6 Å². The first-order chi connectivity index (χ1) is 19.0. The van der Waals surface area contributed by atoms with Gasteiger partial charge in [-0.2, -0.15) is 0 Å². The Hall–Kier alpha value is -3.33. The fourth-order valence-electron chi connectivity index (χ4n) is 3.76. The molecule has 2 rings (SSSR count). The molecule has 8 heteroatoms. The Morgan fingerprint density at radius 3 is 2.18 bits per heavy atom. The van der Waals surface area contributed by atoms with Gasteiger partial charge in [0.05, 0.1) is 5.56 Å². The van der Waals surface area contributed by atoms with Gasteiger partial charge >= 0.3 is 5.97 Å². The number of ether oxygens (including phenoxy) is 2. The first-order valence-corrected chi connectivity index (χ1v) is 13.7. The van der Waals surface area contributed by atoms with Crippen LogP contribution in [0.3, 0.4) is 0 Å². The number of carbonyl (C=O) groups excluding carboxylic acids is 2. The number of aliphatic hydroxyl groups is 2. The molecule has 1 amide bonds. The number of unbranched alkanes of at least 4 members (excludes halogenated alkanes) is 1. The maximum Gasteiger partial charge on any atom is 0.340 e. The van der Waals surface area contributed by atoms with Gasteiger partial charge < -0.3 is 25.0 Å². The van der Waals surface area contributed by atoms with Gasteiger partial charge in [-0.25, -0.2) is 4.79 Å². The molecule has 4 unspecified atom stereocenters. The summed E-state index contributed by atoms with van der Waals surface area (Å²) in [6.45, 7) is 2.13. The van der Waals surface area contributed by atoms with Crippen LogP contribution in [0, 0.1) is 0 Å². The van der Waals surface area contributed by atoms with Gasteiger partial charge in [0.15, 0.2) is 12.4 Å². The molecule has 212 valence electrons. The van der Waals surface area contributed by atoms with Crippen molar-refractivity contribution in [2.24, 2.45) is 0 Å². The molecule has 8 nitrogen and oxygen atoms in total. The molecule has 0 aromatic carbocycles. The number of nitrogens with zero attached hydrogens (tertiary/aromatic N) is 1. The van der Waals surface area contributed by atoms with Gasteiger partial charge in [0, 0.05) is 25.4 Å². The normalized spacial score (nSPS) is 21.7. The highest BCUT2D eigenvalue weighted by atomic mass is 16.7. The van der Waals surface area contributed by atoms with Crippen molar-refractivity contribution >= 4 is 11.9 Å². The summed E-state index contributed by atoms with van der Waals surface area (Å²) in [5.41, 5.74) is 0.212. The van der Waals surface area contributed by atoms with Crippen molar-refractivity contribution in [1.29, 1.82) is 0 Å². The number of hydrogen-bond donors (Lipinski definition) is 3. The third kappa shape index (κ3) is 13.3. The zero-order valence-electron chi connectivity index (χ0n) is 22.7. The second-order valence-corrected chi connectivity index (χ2v) is 9.07. The van der Waals surface area contributed by atoms with E-state index in [0.29, 0.717) is 12.8 Å². The average molecular weight is 539 g/mol. The average Bonchev–Trinajstić information content (AvgIpc) is 3.21. The lowest BCUT2D eigenvalue weighted by Crippen LogP contribution is -2.42. The van der Waals surface area contributed by atoms with Gasteiger partial charge in [-0.1, -0.05) is 67.7 Å². The highest BCUT2D eigenvalue weighted by Gasteiger charge is 2.45. The first-order valence-electron chi connectivity index (χ1n) is 13.7. The Morgan fingerprint density at radius 1 is 0.974 bits per heavy atom. The van der Waals surface area contributed by atoms with Crippen LogP contribution in [0.2, 0.25) is 0 Å². The molecule has 0 bridgehead atoms. The van der Waals surface area contributed by atoms with Crippen LogP contribution in [0.5, 0.6) is 0 Å². The topological polar surface area (TPSA) is 118 Å². The summed E-state index contributed by atoms with van der Waals surface area (Å²) in [6, 6.07) is 3.12. The molecule has 4 atom stereocenters. The van der Waals surface area contributed by atoms with E-state index in [-0.39, 0.29) is 18.0 Å². The molecule has 1 fully saturated rings. The molecule has 2 heterocycles. The first kappa shape index (κ1) is 31.9. The van der Waals surface area contributed by atoms with E-state index in [9.17, 15) is 19.8 Å². The molecule has 1 saturated heterocycles. The number of aromatic nitrogens is 1. The SMILES string of the molecule is CCC=CCC=CCC=CCC=CCC=CCCCC(=O)NCC1OC(O)C(O)C1OC(=O)c1cccnc1. The Kier molecular flexibility index (Phi) is 16.1. The molecular weight excluding hydrogens is 496 g/mol. The van der Waals surface area contributed by atoms with Crippen LogP contribution < -0.4 is 5.32 Å². The van der Waals surface area contributed by atoms with Crippen molar-refractivity contribution in [2.75, 3.05) is 6.54 Å². The van der Waals surface area contributed by atoms with E-state index >= 15 is 0 Å². The van der Waals surface area contributed by atoms with Crippen LogP contribution in [-0.4, -0.2) is 58.2 Å². The molecule has 3 N–H and O–H groups in total. The molecule has 0 radical (unpaired) electrons. The van der Waals surface area contributed by atoms with Crippen molar-refractivity contribution in [3.05, 3.63) is 90.9 Å². The lowest BCUT2D eigenvalue weighted by Gasteiger charge is -2.20. The minimum absolute atomic E-state index is 0.000387. The second-order valence-electron chi connectivity index (χ2n) is 9.07. The van der Waals surface area contributed by atoms with E-state index in [0.717, 1.165) is 38.5 Å². The summed E-state index contributed by atoms with van der Waals surface area (Å²) < 4.78 is 10.6. The fourth-order valence-corrected chi connectivity index (χ4v) is 3.76. The predicted molar refractivity (Wildman–Crippen MR) is 152 cm³/mol. The van der Waals surface area contributed by atoms with Crippen LogP contribution in [0.4, 0.5) is 0 Å². The van der Waals surface area contributed by atoms with Crippen molar-refractivity contribution in [2.45, 2.75) is 82.9 Å². The number of carbonyl (C=O) groups is 2. The molecule has 0 saturated carbocycles. The van der Waals surface area contributed by atoms with Crippen LogP contribution in [0.1, 0.15) is 68.6 Å². The summed E-state index contributed by atoms with van der Waals surface area (Å²) in [4.78, 5) is 28.4. The number of esters is 1. The third-order valence-electron chi connectivity index (χ3n) is 5.88. The summed E-state index contributed by atoms with van der Waals surface area (Å²) in [5.74, 6) is -0.877. The Bertz CT molecular complexity index is 986. The maximum atomic E-state index is 12.3. The lowest BCUT2D eigenvalue weighted by atomic mass is 10.1. The summed E-state index contributed by atoms with van der Waals surface area (Å²) in [6.07, 6.45) is 26.0. The van der Waals surface area contributed by atoms with E-state index in [4.69, 9.17) is 9.47 Å². The third-order valence-corrected chi connectivity index (χ3v) is 5.88. The summed E-state index contributed by atoms with van der Waals surface area (Å²) >= 11 is 0. The number of nitrogens with one attached hydrogen (secondary N) is 1. The Balaban J connectivity index is 1.56. The molecule has 1 aromatic rings. The molecule has 0 aliphatic carbocycles. The predicted octanol–water partition coefficient (Wildman–Crippen LogP) is 4.72. The monoisotopic (exact) mass is 538 g/mol. The minimum Gasteiger partial charge on any atom is -0.453 e. The van der Waals surface area contributed by atoms with Gasteiger partial charge in [-0.15, -0.1) is 0 Å². The maximum absolute atomic E-state index is 12.3. The van der Waals surface area contributed by atoms with Gasteiger partial charge in [0.1, 0.15) is 12.2 Å². The lowest BCUT2D eigenvalue weighted by molar-refractivity contribution is -0.130. The molecule has 39 heavy (non-hydrogen) atoms. The molecule has 1 aliphatic rings. The smallest absolute Gasteiger partial charge is 0.340 e. The fraction of sp³-hybridized carbons (Fsp3) is 0.452. The van der Waals surface area contributed by atoms with Crippen molar-refractivity contribution in [1.82, 2.24) is 10.3 Å². The van der Waals surface area contributed by atoms with Gasteiger partial charge in [-0.05, 0) is 57.1 Å². The number of hydrogen-bond acceptors (Lipinski definition) is 7.